The highest BCUT2D eigenvalue weighted by Crippen LogP contribution is 2.18. The van der Waals surface area contributed by atoms with Gasteiger partial charge in [-0.05, 0) is 49.1 Å². The molecule has 1 heterocycles. The number of carbonyl (C=O) groups is 2. The fraction of sp³-hybridized carbons (Fsp3) is 0.300. The maximum Gasteiger partial charge on any atom is 0.255 e. The quantitative estimate of drug-likeness (QED) is 0.823. The van der Waals surface area contributed by atoms with Gasteiger partial charge in [0.1, 0.15) is 0 Å². The summed E-state index contributed by atoms with van der Waals surface area (Å²) in [5, 5.41) is 2.82. The molecule has 0 unspecified atom stereocenters. The van der Waals surface area contributed by atoms with Crippen LogP contribution in [0.25, 0.3) is 0 Å². The molecule has 0 aromatic heterocycles. The summed E-state index contributed by atoms with van der Waals surface area (Å²) in [7, 11) is 0. The molecule has 130 valence electrons. The average molecular weight is 337 g/mol. The van der Waals surface area contributed by atoms with Crippen molar-refractivity contribution in [3.05, 3.63) is 59.7 Å². The van der Waals surface area contributed by atoms with Crippen molar-refractivity contribution in [2.75, 3.05) is 24.1 Å². The zero-order valence-corrected chi connectivity index (χ0v) is 14.2. The van der Waals surface area contributed by atoms with Gasteiger partial charge in [0, 0.05) is 25.1 Å². The third-order valence-corrected chi connectivity index (χ3v) is 4.52. The van der Waals surface area contributed by atoms with Gasteiger partial charge < -0.3 is 16.0 Å². The van der Waals surface area contributed by atoms with Crippen molar-refractivity contribution in [1.29, 1.82) is 0 Å². The molecule has 0 aliphatic carbocycles. The molecule has 3 rings (SSSR count). The van der Waals surface area contributed by atoms with Crippen LogP contribution in [0.15, 0.2) is 48.5 Å². The summed E-state index contributed by atoms with van der Waals surface area (Å²) in [4.78, 5) is 26.1. The highest BCUT2D eigenvalue weighted by molar-refractivity contribution is 6.05. The summed E-state index contributed by atoms with van der Waals surface area (Å²) >= 11 is 0. The van der Waals surface area contributed by atoms with Crippen LogP contribution in [-0.4, -0.2) is 29.8 Å². The van der Waals surface area contributed by atoms with E-state index in [-0.39, 0.29) is 11.8 Å². The van der Waals surface area contributed by atoms with Crippen LogP contribution < -0.4 is 11.1 Å². The van der Waals surface area contributed by atoms with Gasteiger partial charge in [0.25, 0.3) is 5.91 Å². The van der Waals surface area contributed by atoms with Crippen molar-refractivity contribution in [2.45, 2.75) is 25.7 Å². The average Bonchev–Trinajstić information content (AvgIpc) is 2.63. The van der Waals surface area contributed by atoms with E-state index in [0.717, 1.165) is 37.9 Å². The van der Waals surface area contributed by atoms with Crippen molar-refractivity contribution in [3.8, 4) is 0 Å². The third kappa shape index (κ3) is 4.38. The number of nitrogens with zero attached hydrogens (tertiary/aromatic N) is 1. The number of amides is 2. The number of anilines is 2. The van der Waals surface area contributed by atoms with E-state index in [2.05, 4.69) is 5.32 Å². The molecule has 0 bridgehead atoms. The lowest BCUT2D eigenvalue weighted by Gasteiger charge is -2.26. The van der Waals surface area contributed by atoms with Crippen LogP contribution in [0, 0.1) is 0 Å². The van der Waals surface area contributed by atoms with Crippen LogP contribution in [-0.2, 0) is 11.2 Å². The second-order valence-electron chi connectivity index (χ2n) is 6.33. The number of hydrogen-bond acceptors (Lipinski definition) is 3. The minimum atomic E-state index is -0.185. The van der Waals surface area contributed by atoms with Gasteiger partial charge in [-0.1, -0.05) is 24.3 Å². The molecule has 5 heteroatoms. The first-order valence-corrected chi connectivity index (χ1v) is 8.66. The maximum atomic E-state index is 12.3. The number of rotatable bonds is 5. The standard InChI is InChI=1S/C20H23N3O2/c21-17-5-1-2-6-18(17)22-20(25)16-10-8-15(9-11-16)12-14-23-13-4-3-7-19(23)24/h1-2,5-6,8-11H,3-4,7,12-14,21H2,(H,22,25). The number of nitrogens with two attached hydrogens (primary N) is 1. The van der Waals surface area contributed by atoms with Gasteiger partial charge >= 0.3 is 0 Å². The van der Waals surface area contributed by atoms with Crippen LogP contribution in [0.5, 0.6) is 0 Å². The highest BCUT2D eigenvalue weighted by atomic mass is 16.2. The Labute approximate surface area is 147 Å². The molecule has 0 atom stereocenters. The molecule has 1 saturated heterocycles. The van der Waals surface area contributed by atoms with Gasteiger partial charge in [-0.2, -0.15) is 0 Å². The maximum absolute atomic E-state index is 12.3. The Morgan fingerprint density at radius 3 is 2.56 bits per heavy atom. The van der Waals surface area contributed by atoms with E-state index in [9.17, 15) is 9.59 Å². The predicted octanol–water partition coefficient (Wildman–Crippen LogP) is 3.08. The smallest absolute Gasteiger partial charge is 0.255 e. The lowest BCUT2D eigenvalue weighted by Crippen LogP contribution is -2.36. The largest absolute Gasteiger partial charge is 0.397 e. The molecule has 0 saturated carbocycles. The van der Waals surface area contributed by atoms with Crippen LogP contribution in [0.3, 0.4) is 0 Å². The van der Waals surface area contributed by atoms with E-state index < -0.39 is 0 Å². The number of piperidine rings is 1. The molecule has 1 fully saturated rings. The molecule has 25 heavy (non-hydrogen) atoms. The summed E-state index contributed by atoms with van der Waals surface area (Å²) in [6.45, 7) is 1.60. The topological polar surface area (TPSA) is 75.4 Å². The fourth-order valence-electron chi connectivity index (χ4n) is 2.99. The Bertz CT molecular complexity index is 756. The summed E-state index contributed by atoms with van der Waals surface area (Å²) in [6.07, 6.45) is 3.57. The van der Waals surface area contributed by atoms with Gasteiger partial charge in [0.15, 0.2) is 0 Å². The van der Waals surface area contributed by atoms with E-state index in [4.69, 9.17) is 5.73 Å². The molecule has 0 radical (unpaired) electrons. The lowest BCUT2D eigenvalue weighted by molar-refractivity contribution is -0.133. The van der Waals surface area contributed by atoms with Crippen LogP contribution in [0.4, 0.5) is 11.4 Å². The van der Waals surface area contributed by atoms with Crippen LogP contribution >= 0.6 is 0 Å². The Kier molecular flexibility index (Phi) is 5.33. The van der Waals surface area contributed by atoms with E-state index in [1.54, 1.807) is 12.1 Å². The number of nitrogen functional groups attached to an aromatic ring is 1. The monoisotopic (exact) mass is 337 g/mol. The van der Waals surface area contributed by atoms with E-state index in [1.165, 1.54) is 0 Å². The molecular weight excluding hydrogens is 314 g/mol. The van der Waals surface area contributed by atoms with Crippen molar-refractivity contribution in [2.24, 2.45) is 0 Å². The van der Waals surface area contributed by atoms with Crippen molar-refractivity contribution >= 4 is 23.2 Å². The molecule has 1 aliphatic heterocycles. The molecule has 2 amide bonds. The normalized spacial score (nSPS) is 14.4. The van der Waals surface area contributed by atoms with Crippen molar-refractivity contribution in [1.82, 2.24) is 4.90 Å². The van der Waals surface area contributed by atoms with Crippen LogP contribution in [0.2, 0.25) is 0 Å². The van der Waals surface area contributed by atoms with Crippen molar-refractivity contribution < 1.29 is 9.59 Å². The first kappa shape index (κ1) is 17.0. The minimum absolute atomic E-state index is 0.185. The highest BCUT2D eigenvalue weighted by Gasteiger charge is 2.17. The second kappa shape index (κ2) is 7.83. The summed E-state index contributed by atoms with van der Waals surface area (Å²) in [5.74, 6) is 0.0679. The SMILES string of the molecule is Nc1ccccc1NC(=O)c1ccc(CCN2CCCCC2=O)cc1. The van der Waals surface area contributed by atoms with E-state index >= 15 is 0 Å². The number of para-hydroxylation sites is 2. The first-order valence-electron chi connectivity index (χ1n) is 8.66. The van der Waals surface area contributed by atoms with Gasteiger partial charge in [-0.25, -0.2) is 0 Å². The number of nitrogens with one attached hydrogen (secondary N) is 1. The van der Waals surface area contributed by atoms with Gasteiger partial charge in [-0.15, -0.1) is 0 Å². The molecule has 2 aromatic rings. The predicted molar refractivity (Wildman–Crippen MR) is 99.4 cm³/mol. The second-order valence-corrected chi connectivity index (χ2v) is 6.33. The van der Waals surface area contributed by atoms with Crippen molar-refractivity contribution in [3.63, 3.8) is 0 Å². The van der Waals surface area contributed by atoms with Gasteiger partial charge in [-0.3, -0.25) is 9.59 Å². The Hall–Kier alpha value is -2.82. The van der Waals surface area contributed by atoms with E-state index in [1.807, 2.05) is 41.3 Å². The van der Waals surface area contributed by atoms with Gasteiger partial charge in [0.2, 0.25) is 5.91 Å². The zero-order chi connectivity index (χ0) is 17.6. The Balaban J connectivity index is 1.57. The van der Waals surface area contributed by atoms with Gasteiger partial charge in [0.05, 0.1) is 11.4 Å². The first-order chi connectivity index (χ1) is 12.1. The van der Waals surface area contributed by atoms with E-state index in [0.29, 0.717) is 23.4 Å². The summed E-state index contributed by atoms with van der Waals surface area (Å²) < 4.78 is 0. The molecule has 1 aliphatic rings. The number of likely N-dealkylation sites (tertiary alicyclic amines) is 1. The number of carbonyl (C=O) groups excluding carboxylic acids is 2. The third-order valence-electron chi connectivity index (χ3n) is 4.52. The lowest BCUT2D eigenvalue weighted by atomic mass is 10.1. The summed E-state index contributed by atoms with van der Waals surface area (Å²) in [6, 6.07) is 14.7. The fourth-order valence-corrected chi connectivity index (χ4v) is 2.99. The molecule has 5 nitrogen and oxygen atoms in total. The Morgan fingerprint density at radius 2 is 1.84 bits per heavy atom. The minimum Gasteiger partial charge on any atom is -0.397 e. The number of hydrogen-bond donors (Lipinski definition) is 2. The number of benzene rings is 2. The molecule has 3 N–H and O–H groups in total. The summed E-state index contributed by atoms with van der Waals surface area (Å²) in [5.41, 5.74) is 8.70. The van der Waals surface area contributed by atoms with Crippen LogP contribution in [0.1, 0.15) is 35.2 Å². The molecule has 0 spiro atoms. The molecule has 2 aromatic carbocycles. The molecular formula is C20H23N3O2. The Morgan fingerprint density at radius 1 is 1.08 bits per heavy atom. The zero-order valence-electron chi connectivity index (χ0n) is 14.2.